The molecule has 4 unspecified atom stereocenters. The van der Waals surface area contributed by atoms with Gasteiger partial charge in [0.25, 0.3) is 0 Å². The molecule has 0 aliphatic heterocycles. The summed E-state index contributed by atoms with van der Waals surface area (Å²) in [7, 11) is 0. The zero-order valence-electron chi connectivity index (χ0n) is 30.1. The van der Waals surface area contributed by atoms with Crippen molar-refractivity contribution in [3.05, 3.63) is 24.8 Å². The minimum atomic E-state index is -0.544. The Balaban J connectivity index is 1.34. The minimum Gasteiger partial charge on any atom is -0.462 e. The highest BCUT2D eigenvalue weighted by molar-refractivity contribution is 6.64. The Morgan fingerprint density at radius 1 is 0.848 bits per heavy atom. The van der Waals surface area contributed by atoms with Gasteiger partial charge in [0.2, 0.25) is 5.24 Å². The minimum absolute atomic E-state index is 0.100. The maximum atomic E-state index is 13.3. The Hall–Kier alpha value is -1.62. The smallest absolute Gasteiger partial charge is 0.306 e. The van der Waals surface area contributed by atoms with E-state index in [1.807, 2.05) is 13.8 Å². The van der Waals surface area contributed by atoms with Crippen molar-refractivity contribution in [2.24, 2.45) is 62.1 Å². The van der Waals surface area contributed by atoms with Crippen LogP contribution in [0.3, 0.4) is 0 Å². The van der Waals surface area contributed by atoms with E-state index in [0.29, 0.717) is 29.6 Å². The molecular formula is C40H61ClO5. The second kappa shape index (κ2) is 12.1. The van der Waals surface area contributed by atoms with Gasteiger partial charge >= 0.3 is 11.9 Å². The molecule has 0 spiro atoms. The van der Waals surface area contributed by atoms with Gasteiger partial charge in [-0.05, 0) is 134 Å². The number of allylic oxidation sites excluding steroid dienone is 1. The van der Waals surface area contributed by atoms with Gasteiger partial charge < -0.3 is 9.47 Å². The fourth-order valence-electron chi connectivity index (χ4n) is 12.9. The van der Waals surface area contributed by atoms with Crippen LogP contribution < -0.4 is 0 Å². The zero-order valence-corrected chi connectivity index (χ0v) is 30.8. The number of fused-ring (bicyclic) bond motifs is 7. The normalized spacial score (nSPS) is 42.8. The largest absolute Gasteiger partial charge is 0.462 e. The fraction of sp³-hybridized carbons (Fsp3) is 0.825. The molecule has 0 amide bonds. The van der Waals surface area contributed by atoms with Crippen LogP contribution in [-0.2, 0) is 23.9 Å². The third-order valence-electron chi connectivity index (χ3n) is 15.3. The highest BCUT2D eigenvalue weighted by Gasteiger charge is 2.72. The summed E-state index contributed by atoms with van der Waals surface area (Å²) in [6, 6.07) is 0. The molecule has 10 atom stereocenters. The van der Waals surface area contributed by atoms with Crippen LogP contribution in [0.1, 0.15) is 132 Å². The van der Waals surface area contributed by atoms with Gasteiger partial charge in [-0.1, -0.05) is 73.3 Å². The standard InChI is InChI=1S/C40H61ClO5/c1-11-22-45-31(42)23-35(4,5)24-32(43)46-30-16-17-37(8)28(36(30,6)7)15-18-39(10)29(37)13-12-27-33-26(25(2)3)14-19-40(33,34(41)44)21-20-38(27,39)9/h11,26-30,33H,1-2,12-24H2,3-10H3/t26-,27?,28?,29?,30-,33?,37-,38+,39+,40-/m0/s1. The topological polar surface area (TPSA) is 69.7 Å². The summed E-state index contributed by atoms with van der Waals surface area (Å²) >= 11 is 6.51. The maximum Gasteiger partial charge on any atom is 0.306 e. The van der Waals surface area contributed by atoms with Gasteiger partial charge in [-0.3, -0.25) is 14.4 Å². The van der Waals surface area contributed by atoms with E-state index in [0.717, 1.165) is 51.4 Å². The van der Waals surface area contributed by atoms with Crippen molar-refractivity contribution in [3.8, 4) is 0 Å². The van der Waals surface area contributed by atoms with Crippen molar-refractivity contribution < 1.29 is 23.9 Å². The van der Waals surface area contributed by atoms with Gasteiger partial charge in [0.15, 0.2) is 0 Å². The highest BCUT2D eigenvalue weighted by Crippen LogP contribution is 2.77. The van der Waals surface area contributed by atoms with Crippen LogP contribution in [0.25, 0.3) is 0 Å². The second-order valence-corrected chi connectivity index (χ2v) is 18.8. The summed E-state index contributed by atoms with van der Waals surface area (Å²) in [4.78, 5) is 38.7. The average molecular weight is 657 g/mol. The lowest BCUT2D eigenvalue weighted by Gasteiger charge is -2.72. The van der Waals surface area contributed by atoms with Crippen LogP contribution in [0.15, 0.2) is 24.8 Å². The van der Waals surface area contributed by atoms with E-state index in [4.69, 9.17) is 21.1 Å². The molecule has 5 saturated carbocycles. The molecule has 258 valence electrons. The fourth-order valence-corrected chi connectivity index (χ4v) is 13.2. The zero-order chi connectivity index (χ0) is 34.1. The third-order valence-corrected chi connectivity index (χ3v) is 15.7. The summed E-state index contributed by atoms with van der Waals surface area (Å²) in [6.45, 7) is 26.6. The number of halogens is 1. The van der Waals surface area contributed by atoms with Gasteiger partial charge in [0, 0.05) is 10.8 Å². The van der Waals surface area contributed by atoms with E-state index in [9.17, 15) is 14.4 Å². The van der Waals surface area contributed by atoms with E-state index in [1.54, 1.807) is 6.08 Å². The molecule has 5 nitrogen and oxygen atoms in total. The van der Waals surface area contributed by atoms with Crippen molar-refractivity contribution in [1.29, 1.82) is 0 Å². The molecule has 0 aromatic carbocycles. The molecule has 0 heterocycles. The molecule has 0 saturated heterocycles. The number of carbonyl (C=O) groups excluding carboxylic acids is 3. The van der Waals surface area contributed by atoms with Crippen molar-refractivity contribution >= 4 is 28.8 Å². The summed E-state index contributed by atoms with van der Waals surface area (Å²) in [5.74, 6) is 1.66. The van der Waals surface area contributed by atoms with Gasteiger partial charge in [0.05, 0.1) is 12.8 Å². The lowest BCUT2D eigenvalue weighted by molar-refractivity contribution is -0.248. The average Bonchev–Trinajstić information content (AvgIpc) is 3.35. The Labute approximate surface area is 284 Å². The van der Waals surface area contributed by atoms with E-state index >= 15 is 0 Å². The number of ether oxygens (including phenoxy) is 2. The quantitative estimate of drug-likeness (QED) is 0.140. The molecule has 5 aliphatic carbocycles. The Kier molecular flexibility index (Phi) is 9.35. The first kappa shape index (κ1) is 35.7. The van der Waals surface area contributed by atoms with E-state index < -0.39 is 5.41 Å². The Morgan fingerprint density at radius 3 is 2.15 bits per heavy atom. The summed E-state index contributed by atoms with van der Waals surface area (Å²) in [6.07, 6.45) is 12.2. The molecule has 6 heteroatoms. The van der Waals surface area contributed by atoms with Gasteiger partial charge in [-0.2, -0.15) is 0 Å². The first-order valence-corrected chi connectivity index (χ1v) is 18.5. The highest BCUT2D eigenvalue weighted by atomic mass is 35.5. The first-order valence-electron chi connectivity index (χ1n) is 18.1. The van der Waals surface area contributed by atoms with Crippen molar-refractivity contribution in [2.75, 3.05) is 6.61 Å². The van der Waals surface area contributed by atoms with Crippen LogP contribution >= 0.6 is 11.6 Å². The van der Waals surface area contributed by atoms with E-state index in [1.165, 1.54) is 18.4 Å². The van der Waals surface area contributed by atoms with Gasteiger partial charge in [-0.15, -0.1) is 0 Å². The number of hydrogen-bond acceptors (Lipinski definition) is 5. The number of hydrogen-bond donors (Lipinski definition) is 0. The van der Waals surface area contributed by atoms with Crippen LogP contribution in [-0.4, -0.2) is 29.9 Å². The predicted molar refractivity (Wildman–Crippen MR) is 184 cm³/mol. The molecule has 46 heavy (non-hydrogen) atoms. The van der Waals surface area contributed by atoms with Crippen molar-refractivity contribution in [2.45, 2.75) is 139 Å². The molecule has 0 radical (unpaired) electrons. The van der Waals surface area contributed by atoms with E-state index in [-0.39, 0.29) is 69.8 Å². The van der Waals surface area contributed by atoms with Gasteiger partial charge in [-0.25, -0.2) is 0 Å². The molecule has 0 aromatic rings. The predicted octanol–water partition coefficient (Wildman–Crippen LogP) is 9.86. The molecular weight excluding hydrogens is 596 g/mol. The van der Waals surface area contributed by atoms with Crippen LogP contribution in [0.4, 0.5) is 0 Å². The lowest BCUT2D eigenvalue weighted by atomic mass is 9.32. The first-order chi connectivity index (χ1) is 21.3. The van der Waals surface area contributed by atoms with Crippen LogP contribution in [0, 0.1) is 62.1 Å². The SMILES string of the molecule is C=CCOC(=O)CC(C)(C)CC(=O)O[C@H]1CC[C@@]2(C)C(CC[C@]3(C)C2CCC2C4[C@H](C(=C)C)CC[C@]4(C(=O)Cl)CC[C@]23C)C1(C)C. The lowest BCUT2D eigenvalue weighted by Crippen LogP contribution is -2.67. The summed E-state index contributed by atoms with van der Waals surface area (Å²) < 4.78 is 11.5. The maximum absolute atomic E-state index is 13.3. The number of esters is 2. The second-order valence-electron chi connectivity index (χ2n) is 18.4. The van der Waals surface area contributed by atoms with Crippen molar-refractivity contribution in [3.63, 3.8) is 0 Å². The Bertz CT molecular complexity index is 1270. The number of carbonyl (C=O) groups is 3. The van der Waals surface area contributed by atoms with E-state index in [2.05, 4.69) is 54.7 Å². The van der Waals surface area contributed by atoms with Crippen LogP contribution in [0.5, 0.6) is 0 Å². The molecule has 0 N–H and O–H groups in total. The third kappa shape index (κ3) is 5.45. The van der Waals surface area contributed by atoms with Crippen molar-refractivity contribution in [1.82, 2.24) is 0 Å². The number of rotatable bonds is 9. The molecule has 0 aromatic heterocycles. The summed E-state index contributed by atoms with van der Waals surface area (Å²) in [5.41, 5.74) is 0.618. The monoisotopic (exact) mass is 656 g/mol. The summed E-state index contributed by atoms with van der Waals surface area (Å²) in [5, 5.41) is -0.100. The molecule has 5 rings (SSSR count). The Morgan fingerprint density at radius 2 is 1.52 bits per heavy atom. The van der Waals surface area contributed by atoms with Gasteiger partial charge in [0.1, 0.15) is 12.7 Å². The van der Waals surface area contributed by atoms with Crippen LogP contribution in [0.2, 0.25) is 0 Å². The molecule has 5 aliphatic rings. The molecule has 5 fully saturated rings. The molecule has 0 bridgehead atoms.